The van der Waals surface area contributed by atoms with Crippen LogP contribution in [0.4, 0.5) is 17.6 Å². The van der Waals surface area contributed by atoms with E-state index < -0.39 is 23.7 Å². The lowest BCUT2D eigenvalue weighted by atomic mass is 10.1. The number of aliphatic hydroxyl groups excluding tert-OH is 1. The van der Waals surface area contributed by atoms with Crippen LogP contribution in [0.25, 0.3) is 0 Å². The molecule has 1 N–H and O–H groups in total. The highest BCUT2D eigenvalue weighted by Gasteiger charge is 2.39. The second-order valence-corrected chi connectivity index (χ2v) is 3.56. The van der Waals surface area contributed by atoms with E-state index in [4.69, 9.17) is 5.11 Å². The molecule has 0 saturated heterocycles. The zero-order valence-corrected chi connectivity index (χ0v) is 8.23. The van der Waals surface area contributed by atoms with E-state index in [1.807, 2.05) is 0 Å². The number of hydrogen-bond acceptors (Lipinski definition) is 1. The average molecular weight is 273 g/mol. The van der Waals surface area contributed by atoms with Crippen LogP contribution in [0, 0.1) is 5.82 Å². The van der Waals surface area contributed by atoms with Gasteiger partial charge < -0.3 is 5.11 Å². The van der Waals surface area contributed by atoms with Gasteiger partial charge in [-0.05, 0) is 23.8 Å². The molecular formula is C8H5BrF4O. The summed E-state index contributed by atoms with van der Waals surface area (Å²) in [6.45, 7) is 0. The molecule has 78 valence electrons. The fraction of sp³-hybridized carbons (Fsp3) is 0.250. The third-order valence-electron chi connectivity index (χ3n) is 1.51. The van der Waals surface area contributed by atoms with E-state index in [1.165, 1.54) is 0 Å². The lowest BCUT2D eigenvalue weighted by molar-refractivity contribution is -0.206. The Hall–Kier alpha value is -0.620. The Morgan fingerprint density at radius 2 is 1.79 bits per heavy atom. The van der Waals surface area contributed by atoms with Crippen molar-refractivity contribution in [2.45, 2.75) is 12.3 Å². The molecule has 0 amide bonds. The maximum atomic E-state index is 12.7. The first kappa shape index (κ1) is 11.5. The van der Waals surface area contributed by atoms with E-state index in [-0.39, 0.29) is 4.47 Å². The molecule has 1 atom stereocenters. The molecule has 1 rings (SSSR count). The molecule has 0 heterocycles. The van der Waals surface area contributed by atoms with Gasteiger partial charge in [0, 0.05) is 4.47 Å². The van der Waals surface area contributed by atoms with Crippen molar-refractivity contribution in [3.05, 3.63) is 34.1 Å². The summed E-state index contributed by atoms with van der Waals surface area (Å²) in [6, 6.07) is 2.66. The Morgan fingerprint density at radius 1 is 1.21 bits per heavy atom. The molecule has 0 aliphatic carbocycles. The van der Waals surface area contributed by atoms with Crippen LogP contribution in [0.1, 0.15) is 11.7 Å². The molecular weight excluding hydrogens is 268 g/mol. The summed E-state index contributed by atoms with van der Waals surface area (Å²) in [7, 11) is 0. The fourth-order valence-corrected chi connectivity index (χ4v) is 1.41. The monoisotopic (exact) mass is 272 g/mol. The summed E-state index contributed by atoms with van der Waals surface area (Å²) in [5.74, 6) is -0.835. The maximum absolute atomic E-state index is 12.7. The van der Waals surface area contributed by atoms with Gasteiger partial charge in [-0.25, -0.2) is 4.39 Å². The molecule has 0 aliphatic heterocycles. The van der Waals surface area contributed by atoms with E-state index in [2.05, 4.69) is 15.9 Å². The Morgan fingerprint density at radius 3 is 2.21 bits per heavy atom. The SMILES string of the molecule is O[C@H](c1cc(F)cc(Br)c1)C(F)(F)F. The lowest BCUT2D eigenvalue weighted by Gasteiger charge is -2.14. The molecule has 0 saturated carbocycles. The summed E-state index contributed by atoms with van der Waals surface area (Å²) in [5.41, 5.74) is -0.524. The number of hydrogen-bond donors (Lipinski definition) is 1. The molecule has 0 radical (unpaired) electrons. The van der Waals surface area contributed by atoms with E-state index in [0.29, 0.717) is 6.07 Å². The van der Waals surface area contributed by atoms with Crippen molar-refractivity contribution in [3.63, 3.8) is 0 Å². The zero-order chi connectivity index (χ0) is 10.9. The van der Waals surface area contributed by atoms with Crippen molar-refractivity contribution in [1.82, 2.24) is 0 Å². The van der Waals surface area contributed by atoms with Gasteiger partial charge in [-0.3, -0.25) is 0 Å². The van der Waals surface area contributed by atoms with Crippen LogP contribution in [-0.4, -0.2) is 11.3 Å². The third kappa shape index (κ3) is 2.68. The second kappa shape index (κ2) is 3.86. The minimum absolute atomic E-state index is 0.149. The van der Waals surface area contributed by atoms with Gasteiger partial charge in [-0.1, -0.05) is 15.9 Å². The Bertz CT molecular complexity index is 316. The average Bonchev–Trinajstić information content (AvgIpc) is 1.99. The molecule has 0 fully saturated rings. The number of alkyl halides is 3. The van der Waals surface area contributed by atoms with Gasteiger partial charge in [-0.2, -0.15) is 13.2 Å². The Balaban J connectivity index is 3.07. The minimum atomic E-state index is -4.78. The lowest BCUT2D eigenvalue weighted by Crippen LogP contribution is -2.20. The molecule has 1 nitrogen and oxygen atoms in total. The van der Waals surface area contributed by atoms with Crippen molar-refractivity contribution < 1.29 is 22.7 Å². The molecule has 0 unspecified atom stereocenters. The molecule has 14 heavy (non-hydrogen) atoms. The molecule has 0 spiro atoms. The summed E-state index contributed by atoms with van der Waals surface area (Å²) in [4.78, 5) is 0. The highest BCUT2D eigenvalue weighted by Crippen LogP contribution is 2.33. The second-order valence-electron chi connectivity index (χ2n) is 2.65. The normalized spacial score (nSPS) is 14.1. The summed E-state index contributed by atoms with van der Waals surface area (Å²) >= 11 is 2.83. The van der Waals surface area contributed by atoms with E-state index in [1.54, 1.807) is 0 Å². The number of benzene rings is 1. The fourth-order valence-electron chi connectivity index (χ4n) is 0.922. The van der Waals surface area contributed by atoms with Crippen molar-refractivity contribution >= 4 is 15.9 Å². The van der Waals surface area contributed by atoms with Crippen molar-refractivity contribution in [1.29, 1.82) is 0 Å². The topological polar surface area (TPSA) is 20.2 Å². The van der Waals surface area contributed by atoms with Crippen molar-refractivity contribution in [2.24, 2.45) is 0 Å². The predicted molar refractivity (Wildman–Crippen MR) is 45.1 cm³/mol. The zero-order valence-electron chi connectivity index (χ0n) is 6.65. The minimum Gasteiger partial charge on any atom is -0.379 e. The molecule has 6 heteroatoms. The number of rotatable bonds is 1. The number of aliphatic hydroxyl groups is 1. The summed E-state index contributed by atoms with van der Waals surface area (Å²) in [6.07, 6.45) is -7.44. The number of halogens is 5. The van der Waals surface area contributed by atoms with Crippen LogP contribution in [0.5, 0.6) is 0 Å². The van der Waals surface area contributed by atoms with Gasteiger partial charge in [0.15, 0.2) is 6.10 Å². The van der Waals surface area contributed by atoms with Crippen LogP contribution < -0.4 is 0 Å². The third-order valence-corrected chi connectivity index (χ3v) is 1.97. The standard InChI is InChI=1S/C8H5BrF4O/c9-5-1-4(2-6(10)3-5)7(14)8(11,12)13/h1-3,7,14H/t7-/m1/s1. The van der Waals surface area contributed by atoms with Gasteiger partial charge in [0.25, 0.3) is 0 Å². The highest BCUT2D eigenvalue weighted by atomic mass is 79.9. The van der Waals surface area contributed by atoms with Crippen LogP contribution in [0.3, 0.4) is 0 Å². The van der Waals surface area contributed by atoms with Crippen molar-refractivity contribution in [2.75, 3.05) is 0 Å². The molecule has 0 bridgehead atoms. The summed E-state index contributed by atoms with van der Waals surface area (Å²) in [5, 5.41) is 8.79. The van der Waals surface area contributed by atoms with Gasteiger partial charge in [-0.15, -0.1) is 0 Å². The van der Waals surface area contributed by atoms with E-state index >= 15 is 0 Å². The maximum Gasteiger partial charge on any atom is 0.418 e. The van der Waals surface area contributed by atoms with Crippen LogP contribution in [-0.2, 0) is 0 Å². The quantitative estimate of drug-likeness (QED) is 0.779. The van der Waals surface area contributed by atoms with Crippen LogP contribution >= 0.6 is 15.9 Å². The van der Waals surface area contributed by atoms with Crippen LogP contribution in [0.2, 0.25) is 0 Å². The van der Waals surface area contributed by atoms with Gasteiger partial charge in [0.2, 0.25) is 0 Å². The summed E-state index contributed by atoms with van der Waals surface area (Å²) < 4.78 is 48.8. The van der Waals surface area contributed by atoms with Crippen LogP contribution in [0.15, 0.2) is 22.7 Å². The van der Waals surface area contributed by atoms with E-state index in [9.17, 15) is 17.6 Å². The van der Waals surface area contributed by atoms with Gasteiger partial charge in [0.05, 0.1) is 0 Å². The highest BCUT2D eigenvalue weighted by molar-refractivity contribution is 9.10. The smallest absolute Gasteiger partial charge is 0.379 e. The molecule has 0 aliphatic rings. The van der Waals surface area contributed by atoms with Crippen molar-refractivity contribution in [3.8, 4) is 0 Å². The van der Waals surface area contributed by atoms with Gasteiger partial charge >= 0.3 is 6.18 Å². The molecule has 1 aromatic carbocycles. The first-order valence-corrected chi connectivity index (χ1v) is 4.31. The molecule has 0 aromatic heterocycles. The largest absolute Gasteiger partial charge is 0.418 e. The Kier molecular flexibility index (Phi) is 3.16. The first-order valence-electron chi connectivity index (χ1n) is 3.51. The first-order chi connectivity index (χ1) is 6.30. The predicted octanol–water partition coefficient (Wildman–Crippen LogP) is 3.18. The Labute approximate surface area is 85.5 Å². The molecule has 1 aromatic rings. The van der Waals surface area contributed by atoms with E-state index in [0.717, 1.165) is 12.1 Å². The van der Waals surface area contributed by atoms with Gasteiger partial charge in [0.1, 0.15) is 5.82 Å².